The van der Waals surface area contributed by atoms with E-state index in [0.717, 1.165) is 44.9 Å². The van der Waals surface area contributed by atoms with Gasteiger partial charge in [-0.1, -0.05) is 26.2 Å². The fraction of sp³-hybridized carbons (Fsp3) is 0.850. The van der Waals surface area contributed by atoms with Crippen LogP contribution in [-0.2, 0) is 14.4 Å². The Balaban J connectivity index is 1.51. The summed E-state index contributed by atoms with van der Waals surface area (Å²) in [6.07, 6.45) is 8.65. The first-order chi connectivity index (χ1) is 12.6. The molecular formula is C20H33N3O3. The van der Waals surface area contributed by atoms with Crippen molar-refractivity contribution in [3.8, 4) is 0 Å². The van der Waals surface area contributed by atoms with Crippen LogP contribution in [0.5, 0.6) is 0 Å². The first-order valence-corrected chi connectivity index (χ1v) is 10.5. The van der Waals surface area contributed by atoms with Gasteiger partial charge in [-0.2, -0.15) is 0 Å². The molecule has 0 radical (unpaired) electrons. The number of hydrogen-bond acceptors (Lipinski definition) is 3. The number of nitrogens with zero attached hydrogens (tertiary/aromatic N) is 3. The van der Waals surface area contributed by atoms with Crippen LogP contribution in [-0.4, -0.2) is 71.2 Å². The zero-order valence-electron chi connectivity index (χ0n) is 16.1. The third kappa shape index (κ3) is 4.21. The molecule has 1 atom stereocenters. The van der Waals surface area contributed by atoms with Crippen molar-refractivity contribution in [3.63, 3.8) is 0 Å². The molecule has 3 amide bonds. The lowest BCUT2D eigenvalue weighted by atomic mass is 9.88. The van der Waals surface area contributed by atoms with Crippen LogP contribution in [0.4, 0.5) is 0 Å². The average Bonchev–Trinajstić information content (AvgIpc) is 3.18. The number of carbonyl (C=O) groups is 3. The molecule has 0 N–H and O–H groups in total. The molecule has 26 heavy (non-hydrogen) atoms. The first-order valence-electron chi connectivity index (χ1n) is 10.5. The third-order valence-corrected chi connectivity index (χ3v) is 6.18. The van der Waals surface area contributed by atoms with Gasteiger partial charge in [0, 0.05) is 45.1 Å². The normalized spacial score (nSPS) is 24.8. The highest BCUT2D eigenvalue weighted by molar-refractivity contribution is 5.88. The predicted octanol–water partition coefficient (Wildman–Crippen LogP) is 2.03. The van der Waals surface area contributed by atoms with Crippen molar-refractivity contribution < 1.29 is 14.4 Å². The van der Waals surface area contributed by atoms with Crippen LogP contribution >= 0.6 is 0 Å². The van der Waals surface area contributed by atoms with Gasteiger partial charge in [0.1, 0.15) is 6.04 Å². The molecule has 2 heterocycles. The molecule has 6 nitrogen and oxygen atoms in total. The fourth-order valence-corrected chi connectivity index (χ4v) is 4.65. The first kappa shape index (κ1) is 19.2. The van der Waals surface area contributed by atoms with E-state index in [9.17, 15) is 14.4 Å². The molecular weight excluding hydrogens is 330 g/mol. The maximum atomic E-state index is 12.9. The number of likely N-dealkylation sites (tertiary alicyclic amines) is 1. The molecule has 0 aromatic heterocycles. The van der Waals surface area contributed by atoms with E-state index in [1.54, 1.807) is 4.90 Å². The molecule has 2 saturated heterocycles. The molecule has 3 rings (SSSR count). The van der Waals surface area contributed by atoms with Crippen LogP contribution in [0.3, 0.4) is 0 Å². The summed E-state index contributed by atoms with van der Waals surface area (Å²) < 4.78 is 0. The molecule has 0 aromatic carbocycles. The highest BCUT2D eigenvalue weighted by Crippen LogP contribution is 2.26. The number of hydrogen-bond donors (Lipinski definition) is 0. The average molecular weight is 364 g/mol. The van der Waals surface area contributed by atoms with E-state index in [4.69, 9.17) is 0 Å². The maximum absolute atomic E-state index is 12.9. The third-order valence-electron chi connectivity index (χ3n) is 6.18. The van der Waals surface area contributed by atoms with Crippen molar-refractivity contribution in [2.24, 2.45) is 5.92 Å². The zero-order chi connectivity index (χ0) is 18.5. The lowest BCUT2D eigenvalue weighted by Crippen LogP contribution is -2.56. The minimum absolute atomic E-state index is 0.0803. The summed E-state index contributed by atoms with van der Waals surface area (Å²) in [5.74, 6) is 0.673. The van der Waals surface area contributed by atoms with Gasteiger partial charge in [-0.3, -0.25) is 14.4 Å². The van der Waals surface area contributed by atoms with E-state index >= 15 is 0 Å². The Labute approximate surface area is 156 Å². The van der Waals surface area contributed by atoms with Gasteiger partial charge in [-0.05, 0) is 32.1 Å². The largest absolute Gasteiger partial charge is 0.339 e. The summed E-state index contributed by atoms with van der Waals surface area (Å²) in [5.41, 5.74) is 0. The van der Waals surface area contributed by atoms with Gasteiger partial charge in [0.25, 0.3) is 0 Å². The van der Waals surface area contributed by atoms with Gasteiger partial charge in [0.2, 0.25) is 17.7 Å². The Hall–Kier alpha value is -1.59. The molecule has 1 unspecified atom stereocenters. The van der Waals surface area contributed by atoms with Crippen LogP contribution in [0.1, 0.15) is 64.7 Å². The number of piperazine rings is 1. The highest BCUT2D eigenvalue weighted by atomic mass is 16.2. The van der Waals surface area contributed by atoms with E-state index in [1.807, 2.05) is 16.7 Å². The van der Waals surface area contributed by atoms with Crippen molar-refractivity contribution in [1.29, 1.82) is 0 Å². The summed E-state index contributed by atoms with van der Waals surface area (Å²) in [4.78, 5) is 43.5. The second-order valence-electron chi connectivity index (χ2n) is 7.98. The minimum Gasteiger partial charge on any atom is -0.339 e. The Morgan fingerprint density at radius 1 is 0.769 bits per heavy atom. The van der Waals surface area contributed by atoms with Crippen LogP contribution in [0.25, 0.3) is 0 Å². The van der Waals surface area contributed by atoms with E-state index < -0.39 is 0 Å². The quantitative estimate of drug-likeness (QED) is 0.768. The SMILES string of the molecule is CCCC(=O)N1CCCC1C(=O)N1CCN(C(=O)C2CCCCC2)CC1. The number of rotatable bonds is 4. The molecule has 3 fully saturated rings. The molecule has 1 aliphatic carbocycles. The van der Waals surface area contributed by atoms with Gasteiger partial charge < -0.3 is 14.7 Å². The van der Waals surface area contributed by atoms with Gasteiger partial charge in [0.05, 0.1) is 0 Å². The maximum Gasteiger partial charge on any atom is 0.245 e. The zero-order valence-corrected chi connectivity index (χ0v) is 16.1. The van der Waals surface area contributed by atoms with Gasteiger partial charge in [-0.25, -0.2) is 0 Å². The summed E-state index contributed by atoms with van der Waals surface area (Å²) >= 11 is 0. The molecule has 1 saturated carbocycles. The predicted molar refractivity (Wildman–Crippen MR) is 99.4 cm³/mol. The molecule has 0 aromatic rings. The Kier molecular flexibility index (Phi) is 6.54. The topological polar surface area (TPSA) is 60.9 Å². The second kappa shape index (κ2) is 8.87. The Bertz CT molecular complexity index is 522. The van der Waals surface area contributed by atoms with Crippen LogP contribution in [0.15, 0.2) is 0 Å². The minimum atomic E-state index is -0.283. The van der Waals surface area contributed by atoms with Crippen LogP contribution in [0.2, 0.25) is 0 Å². The number of carbonyl (C=O) groups excluding carboxylic acids is 3. The fourth-order valence-electron chi connectivity index (χ4n) is 4.65. The van der Waals surface area contributed by atoms with Crippen molar-refractivity contribution in [1.82, 2.24) is 14.7 Å². The summed E-state index contributed by atoms with van der Waals surface area (Å²) in [7, 11) is 0. The number of amides is 3. The van der Waals surface area contributed by atoms with Crippen molar-refractivity contribution >= 4 is 17.7 Å². The smallest absolute Gasteiger partial charge is 0.245 e. The van der Waals surface area contributed by atoms with Gasteiger partial charge in [0.15, 0.2) is 0 Å². The summed E-state index contributed by atoms with van der Waals surface area (Å²) in [5, 5.41) is 0. The summed E-state index contributed by atoms with van der Waals surface area (Å²) in [6.45, 7) is 5.17. The monoisotopic (exact) mass is 363 g/mol. The molecule has 3 aliphatic rings. The molecule has 0 bridgehead atoms. The molecule has 146 valence electrons. The lowest BCUT2D eigenvalue weighted by molar-refractivity contribution is -0.147. The Morgan fingerprint density at radius 3 is 2.00 bits per heavy atom. The van der Waals surface area contributed by atoms with Crippen molar-refractivity contribution in [3.05, 3.63) is 0 Å². The second-order valence-corrected chi connectivity index (χ2v) is 7.98. The molecule has 6 heteroatoms. The van der Waals surface area contributed by atoms with Crippen molar-refractivity contribution in [2.45, 2.75) is 70.8 Å². The van der Waals surface area contributed by atoms with Crippen LogP contribution in [0, 0.1) is 5.92 Å². The van der Waals surface area contributed by atoms with E-state index in [1.165, 1.54) is 6.42 Å². The van der Waals surface area contributed by atoms with E-state index in [0.29, 0.717) is 39.1 Å². The standard InChI is InChI=1S/C20H33N3O3/c1-2-7-18(24)23-11-6-10-17(23)20(26)22-14-12-21(13-15-22)19(25)16-8-4-3-5-9-16/h16-17H,2-15H2,1H3. The van der Waals surface area contributed by atoms with Gasteiger partial charge in [-0.15, -0.1) is 0 Å². The summed E-state index contributed by atoms with van der Waals surface area (Å²) in [6, 6.07) is -0.283. The Morgan fingerprint density at radius 2 is 1.38 bits per heavy atom. The van der Waals surface area contributed by atoms with Crippen LogP contribution < -0.4 is 0 Å². The molecule has 2 aliphatic heterocycles. The van der Waals surface area contributed by atoms with Gasteiger partial charge >= 0.3 is 0 Å². The van der Waals surface area contributed by atoms with E-state index in [-0.39, 0.29) is 29.7 Å². The van der Waals surface area contributed by atoms with E-state index in [2.05, 4.69) is 0 Å². The van der Waals surface area contributed by atoms with Crippen molar-refractivity contribution in [2.75, 3.05) is 32.7 Å². The lowest BCUT2D eigenvalue weighted by Gasteiger charge is -2.39. The molecule has 0 spiro atoms. The highest BCUT2D eigenvalue weighted by Gasteiger charge is 2.37.